The van der Waals surface area contributed by atoms with Gasteiger partial charge in [-0.2, -0.15) is 10.1 Å². The molecule has 16 heavy (non-hydrogen) atoms. The summed E-state index contributed by atoms with van der Waals surface area (Å²) in [6.45, 7) is 1.72. The molecule has 1 heterocycles. The minimum atomic E-state index is -0.273. The third-order valence-corrected chi connectivity index (χ3v) is 2.17. The molecule has 0 unspecified atom stereocenters. The number of anilines is 1. The SMILES string of the molecule is CO/N=C1/C(=O)N(c2ccccc2)N=C1C. The highest BCUT2D eigenvalue weighted by Gasteiger charge is 2.30. The zero-order valence-corrected chi connectivity index (χ0v) is 9.04. The van der Waals surface area contributed by atoms with E-state index in [0.717, 1.165) is 0 Å². The third kappa shape index (κ3) is 1.67. The van der Waals surface area contributed by atoms with Crippen molar-refractivity contribution in [3.05, 3.63) is 30.3 Å². The molecule has 0 saturated heterocycles. The molecule has 1 aromatic rings. The maximum absolute atomic E-state index is 11.9. The number of nitrogens with zero attached hydrogens (tertiary/aromatic N) is 3. The fourth-order valence-electron chi connectivity index (χ4n) is 1.44. The smallest absolute Gasteiger partial charge is 0.302 e. The Balaban J connectivity index is 2.35. The first-order valence-electron chi connectivity index (χ1n) is 4.80. The molecule has 1 aromatic carbocycles. The van der Waals surface area contributed by atoms with Crippen LogP contribution in [0.3, 0.4) is 0 Å². The molecule has 1 aliphatic heterocycles. The van der Waals surface area contributed by atoms with Crippen molar-refractivity contribution in [3.63, 3.8) is 0 Å². The van der Waals surface area contributed by atoms with Gasteiger partial charge in [-0.05, 0) is 19.1 Å². The van der Waals surface area contributed by atoms with Gasteiger partial charge in [-0.3, -0.25) is 4.79 Å². The maximum Gasteiger partial charge on any atom is 0.302 e. The van der Waals surface area contributed by atoms with Crippen LogP contribution >= 0.6 is 0 Å². The van der Waals surface area contributed by atoms with Gasteiger partial charge in [0.1, 0.15) is 7.11 Å². The quantitative estimate of drug-likeness (QED) is 0.703. The number of hydrazone groups is 1. The molecule has 0 saturated carbocycles. The lowest BCUT2D eigenvalue weighted by Crippen LogP contribution is -2.27. The van der Waals surface area contributed by atoms with E-state index in [1.807, 2.05) is 30.3 Å². The van der Waals surface area contributed by atoms with Crippen LogP contribution in [0.4, 0.5) is 5.69 Å². The molecule has 0 N–H and O–H groups in total. The van der Waals surface area contributed by atoms with Crippen molar-refractivity contribution in [2.45, 2.75) is 6.92 Å². The molecule has 0 bridgehead atoms. The average Bonchev–Trinajstić information content (AvgIpc) is 2.59. The van der Waals surface area contributed by atoms with Gasteiger partial charge in [-0.25, -0.2) is 0 Å². The van der Waals surface area contributed by atoms with Gasteiger partial charge in [-0.15, -0.1) is 0 Å². The van der Waals surface area contributed by atoms with Crippen LogP contribution in [0.25, 0.3) is 0 Å². The van der Waals surface area contributed by atoms with E-state index in [9.17, 15) is 4.79 Å². The van der Waals surface area contributed by atoms with E-state index in [4.69, 9.17) is 0 Å². The average molecular weight is 217 g/mol. The van der Waals surface area contributed by atoms with E-state index < -0.39 is 0 Å². The van der Waals surface area contributed by atoms with Crippen molar-refractivity contribution in [3.8, 4) is 0 Å². The molecule has 2 rings (SSSR count). The van der Waals surface area contributed by atoms with E-state index >= 15 is 0 Å². The highest BCUT2D eigenvalue weighted by molar-refractivity contribution is 6.71. The van der Waals surface area contributed by atoms with E-state index in [2.05, 4.69) is 15.1 Å². The standard InChI is InChI=1S/C11H11N3O2/c1-8-10(13-16-2)11(15)14(12-8)9-6-4-3-5-7-9/h3-7H,1-2H3/b13-10+. The van der Waals surface area contributed by atoms with Crippen LogP contribution < -0.4 is 5.01 Å². The number of carbonyl (C=O) groups excluding carboxylic acids is 1. The minimum absolute atomic E-state index is 0.242. The number of hydrogen-bond acceptors (Lipinski definition) is 4. The summed E-state index contributed by atoms with van der Waals surface area (Å²) in [7, 11) is 1.40. The Kier molecular flexibility index (Phi) is 2.68. The van der Waals surface area contributed by atoms with Crippen LogP contribution in [0.5, 0.6) is 0 Å². The number of rotatable bonds is 2. The first kappa shape index (κ1) is 10.4. The summed E-state index contributed by atoms with van der Waals surface area (Å²) in [5, 5.41) is 9.10. The maximum atomic E-state index is 11.9. The number of carbonyl (C=O) groups is 1. The Morgan fingerprint density at radius 1 is 1.31 bits per heavy atom. The van der Waals surface area contributed by atoms with Crippen LogP contribution in [0, 0.1) is 0 Å². The molecular weight excluding hydrogens is 206 g/mol. The lowest BCUT2D eigenvalue weighted by molar-refractivity contribution is -0.112. The minimum Gasteiger partial charge on any atom is -0.398 e. The van der Waals surface area contributed by atoms with Crippen LogP contribution in [0.2, 0.25) is 0 Å². The van der Waals surface area contributed by atoms with Gasteiger partial charge >= 0.3 is 5.91 Å². The normalized spacial score (nSPS) is 17.9. The number of para-hydroxylation sites is 1. The second-order valence-electron chi connectivity index (χ2n) is 3.26. The summed E-state index contributed by atoms with van der Waals surface area (Å²) < 4.78 is 0. The summed E-state index contributed by atoms with van der Waals surface area (Å²) in [4.78, 5) is 16.5. The summed E-state index contributed by atoms with van der Waals surface area (Å²) in [5.41, 5.74) is 1.51. The highest BCUT2D eigenvalue weighted by Crippen LogP contribution is 2.18. The van der Waals surface area contributed by atoms with Gasteiger partial charge in [0.15, 0.2) is 5.71 Å². The van der Waals surface area contributed by atoms with E-state index in [-0.39, 0.29) is 11.6 Å². The first-order chi connectivity index (χ1) is 7.74. The van der Waals surface area contributed by atoms with Gasteiger partial charge in [-0.1, -0.05) is 23.4 Å². The summed E-state index contributed by atoms with van der Waals surface area (Å²) in [6.07, 6.45) is 0. The van der Waals surface area contributed by atoms with Crippen molar-refractivity contribution in [2.75, 3.05) is 12.1 Å². The van der Waals surface area contributed by atoms with Crippen LogP contribution in [0.1, 0.15) is 6.92 Å². The van der Waals surface area contributed by atoms with Gasteiger partial charge in [0, 0.05) is 0 Å². The first-order valence-corrected chi connectivity index (χ1v) is 4.80. The topological polar surface area (TPSA) is 54.3 Å². The molecule has 1 amide bonds. The second kappa shape index (κ2) is 4.14. The fourth-order valence-corrected chi connectivity index (χ4v) is 1.44. The number of oxime groups is 1. The Bertz CT molecular complexity index is 465. The van der Waals surface area contributed by atoms with Gasteiger partial charge < -0.3 is 4.84 Å². The number of amides is 1. The largest absolute Gasteiger partial charge is 0.398 e. The van der Waals surface area contributed by atoms with Crippen molar-refractivity contribution >= 4 is 23.0 Å². The lowest BCUT2D eigenvalue weighted by atomic mass is 10.2. The molecule has 0 atom stereocenters. The van der Waals surface area contributed by atoms with Crippen molar-refractivity contribution in [1.82, 2.24) is 0 Å². The molecule has 0 spiro atoms. The van der Waals surface area contributed by atoms with Crippen LogP contribution in [0.15, 0.2) is 40.6 Å². The molecule has 0 radical (unpaired) electrons. The Hall–Kier alpha value is -2.17. The number of benzene rings is 1. The van der Waals surface area contributed by atoms with Crippen molar-refractivity contribution < 1.29 is 9.63 Å². The Morgan fingerprint density at radius 2 is 2.00 bits per heavy atom. The molecule has 0 fully saturated rings. The fraction of sp³-hybridized carbons (Fsp3) is 0.182. The molecule has 5 heteroatoms. The third-order valence-electron chi connectivity index (χ3n) is 2.17. The molecular formula is C11H11N3O2. The van der Waals surface area contributed by atoms with E-state index in [1.54, 1.807) is 6.92 Å². The zero-order valence-electron chi connectivity index (χ0n) is 9.04. The zero-order chi connectivity index (χ0) is 11.5. The molecule has 1 aliphatic rings. The molecule has 82 valence electrons. The van der Waals surface area contributed by atoms with Gasteiger partial charge in [0.25, 0.3) is 0 Å². The Morgan fingerprint density at radius 3 is 2.62 bits per heavy atom. The van der Waals surface area contributed by atoms with Crippen LogP contribution in [-0.2, 0) is 9.63 Å². The molecule has 5 nitrogen and oxygen atoms in total. The highest BCUT2D eigenvalue weighted by atomic mass is 16.6. The van der Waals surface area contributed by atoms with Gasteiger partial charge in [0.05, 0.1) is 11.4 Å². The van der Waals surface area contributed by atoms with Gasteiger partial charge in [0.2, 0.25) is 0 Å². The van der Waals surface area contributed by atoms with E-state index in [0.29, 0.717) is 11.4 Å². The molecule has 0 aliphatic carbocycles. The summed E-state index contributed by atoms with van der Waals surface area (Å²) in [6, 6.07) is 9.19. The number of hydrogen-bond donors (Lipinski definition) is 0. The van der Waals surface area contributed by atoms with E-state index in [1.165, 1.54) is 12.1 Å². The van der Waals surface area contributed by atoms with Crippen LogP contribution in [-0.4, -0.2) is 24.4 Å². The van der Waals surface area contributed by atoms with Crippen molar-refractivity contribution in [2.24, 2.45) is 10.3 Å². The lowest BCUT2D eigenvalue weighted by Gasteiger charge is -2.10. The van der Waals surface area contributed by atoms with Crippen molar-refractivity contribution in [1.29, 1.82) is 0 Å². The summed E-state index contributed by atoms with van der Waals surface area (Å²) in [5.74, 6) is -0.273. The second-order valence-corrected chi connectivity index (χ2v) is 3.26. The monoisotopic (exact) mass is 217 g/mol. The predicted molar refractivity (Wildman–Crippen MR) is 61.5 cm³/mol. The Labute approximate surface area is 93.0 Å². The molecule has 0 aromatic heterocycles. The summed E-state index contributed by atoms with van der Waals surface area (Å²) >= 11 is 0. The predicted octanol–water partition coefficient (Wildman–Crippen LogP) is 1.41.